The highest BCUT2D eigenvalue weighted by Crippen LogP contribution is 2.28. The number of anilines is 1. The van der Waals surface area contributed by atoms with Crippen molar-refractivity contribution in [3.63, 3.8) is 0 Å². The molecule has 0 radical (unpaired) electrons. The Kier molecular flexibility index (Phi) is 6.80. The van der Waals surface area contributed by atoms with Crippen molar-refractivity contribution < 1.29 is 13.2 Å². The molecule has 0 aromatic heterocycles. The molecule has 1 aromatic rings. The number of benzene rings is 1. The third-order valence-electron chi connectivity index (χ3n) is 4.64. The van der Waals surface area contributed by atoms with Gasteiger partial charge in [0.2, 0.25) is 15.9 Å². The fraction of sp³-hybridized carbons (Fsp3) is 0.611. The first-order chi connectivity index (χ1) is 11.4. The Labute approximate surface area is 145 Å². The molecule has 134 valence electrons. The minimum Gasteiger partial charge on any atom is -0.326 e. The second kappa shape index (κ2) is 8.62. The number of nitrogens with zero attached hydrogens (tertiary/aromatic N) is 1. The molecule has 0 saturated heterocycles. The van der Waals surface area contributed by atoms with Crippen LogP contribution in [0.15, 0.2) is 29.2 Å². The molecule has 1 fully saturated rings. The number of rotatable bonds is 8. The van der Waals surface area contributed by atoms with E-state index in [9.17, 15) is 13.2 Å². The van der Waals surface area contributed by atoms with Crippen LogP contribution in [-0.4, -0.2) is 32.2 Å². The Morgan fingerprint density at radius 1 is 1.21 bits per heavy atom. The van der Waals surface area contributed by atoms with Gasteiger partial charge in [0, 0.05) is 25.7 Å². The lowest BCUT2D eigenvalue weighted by atomic mass is 10.0. The van der Waals surface area contributed by atoms with E-state index >= 15 is 0 Å². The van der Waals surface area contributed by atoms with E-state index < -0.39 is 10.0 Å². The van der Waals surface area contributed by atoms with Crippen molar-refractivity contribution in [1.29, 1.82) is 0 Å². The second-order valence-corrected chi connectivity index (χ2v) is 8.63. The summed E-state index contributed by atoms with van der Waals surface area (Å²) in [5.41, 5.74) is 0.642. The Morgan fingerprint density at radius 2 is 1.83 bits per heavy atom. The zero-order valence-electron chi connectivity index (χ0n) is 14.6. The average Bonchev–Trinajstić information content (AvgIpc) is 3.07. The molecule has 1 amide bonds. The van der Waals surface area contributed by atoms with E-state index in [1.54, 1.807) is 31.3 Å². The van der Waals surface area contributed by atoms with Gasteiger partial charge in [-0.2, -0.15) is 0 Å². The number of carbonyl (C=O) groups is 1. The second-order valence-electron chi connectivity index (χ2n) is 6.59. The van der Waals surface area contributed by atoms with Crippen LogP contribution in [0.25, 0.3) is 0 Å². The monoisotopic (exact) mass is 352 g/mol. The fourth-order valence-corrected chi connectivity index (χ4v) is 4.45. The molecular weight excluding hydrogens is 324 g/mol. The molecule has 1 N–H and O–H groups in total. The molecule has 2 rings (SSSR count). The standard InChI is InChI=1S/C18H28N2O3S/c1-3-14-20(2)24(22,23)17-11-9-16(10-12-17)19-18(21)13-8-15-6-4-5-7-15/h9-12,15H,3-8,13-14H2,1-2H3,(H,19,21). The summed E-state index contributed by atoms with van der Waals surface area (Å²) in [7, 11) is -1.87. The van der Waals surface area contributed by atoms with E-state index in [4.69, 9.17) is 0 Å². The molecule has 1 aromatic carbocycles. The van der Waals surface area contributed by atoms with E-state index in [0.717, 1.165) is 12.8 Å². The normalized spacial score (nSPS) is 15.8. The predicted octanol–water partition coefficient (Wildman–Crippen LogP) is 3.63. The molecule has 1 aliphatic rings. The number of nitrogens with one attached hydrogen (secondary N) is 1. The fourth-order valence-electron chi connectivity index (χ4n) is 3.18. The largest absolute Gasteiger partial charge is 0.326 e. The Hall–Kier alpha value is -1.40. The predicted molar refractivity (Wildman–Crippen MR) is 96.4 cm³/mol. The lowest BCUT2D eigenvalue weighted by molar-refractivity contribution is -0.116. The molecule has 0 aliphatic heterocycles. The van der Waals surface area contributed by atoms with Gasteiger partial charge in [0.15, 0.2) is 0 Å². The Balaban J connectivity index is 1.90. The van der Waals surface area contributed by atoms with Gasteiger partial charge in [0.1, 0.15) is 0 Å². The summed E-state index contributed by atoms with van der Waals surface area (Å²) in [6.07, 6.45) is 7.30. The van der Waals surface area contributed by atoms with E-state index in [2.05, 4.69) is 5.32 Å². The van der Waals surface area contributed by atoms with Crippen molar-refractivity contribution in [3.8, 4) is 0 Å². The van der Waals surface area contributed by atoms with E-state index in [0.29, 0.717) is 24.6 Å². The molecule has 0 bridgehead atoms. The van der Waals surface area contributed by atoms with Crippen LogP contribution in [0.5, 0.6) is 0 Å². The van der Waals surface area contributed by atoms with Crippen molar-refractivity contribution in [2.45, 2.75) is 56.8 Å². The highest BCUT2D eigenvalue weighted by Gasteiger charge is 2.20. The first-order valence-electron chi connectivity index (χ1n) is 8.79. The van der Waals surface area contributed by atoms with Crippen LogP contribution in [-0.2, 0) is 14.8 Å². The summed E-state index contributed by atoms with van der Waals surface area (Å²) in [5, 5.41) is 2.85. The molecule has 1 aliphatic carbocycles. The van der Waals surface area contributed by atoms with Crippen LogP contribution in [0, 0.1) is 5.92 Å². The summed E-state index contributed by atoms with van der Waals surface area (Å²) in [6, 6.07) is 6.41. The smallest absolute Gasteiger partial charge is 0.242 e. The van der Waals surface area contributed by atoms with Crippen LogP contribution in [0.3, 0.4) is 0 Å². The van der Waals surface area contributed by atoms with Crippen LogP contribution in [0.1, 0.15) is 51.9 Å². The molecule has 5 nitrogen and oxygen atoms in total. The topological polar surface area (TPSA) is 66.5 Å². The van der Waals surface area contributed by atoms with Crippen LogP contribution in [0.4, 0.5) is 5.69 Å². The van der Waals surface area contributed by atoms with Gasteiger partial charge in [-0.05, 0) is 43.0 Å². The average molecular weight is 353 g/mol. The molecule has 24 heavy (non-hydrogen) atoms. The highest BCUT2D eigenvalue weighted by atomic mass is 32.2. The van der Waals surface area contributed by atoms with E-state index in [1.807, 2.05) is 6.92 Å². The third-order valence-corrected chi connectivity index (χ3v) is 6.51. The molecule has 0 unspecified atom stereocenters. The maximum absolute atomic E-state index is 12.3. The van der Waals surface area contributed by atoms with Gasteiger partial charge in [0.05, 0.1) is 4.90 Å². The summed E-state index contributed by atoms with van der Waals surface area (Å²) in [5.74, 6) is 0.693. The Bertz CT molecular complexity index is 635. The number of hydrogen-bond donors (Lipinski definition) is 1. The zero-order chi connectivity index (χ0) is 17.6. The van der Waals surface area contributed by atoms with Crippen LogP contribution in [0.2, 0.25) is 0 Å². The lowest BCUT2D eigenvalue weighted by Crippen LogP contribution is -2.27. The summed E-state index contributed by atoms with van der Waals surface area (Å²) >= 11 is 0. The van der Waals surface area contributed by atoms with Crippen molar-refractivity contribution in [2.75, 3.05) is 18.9 Å². The minimum atomic E-state index is -3.45. The molecular formula is C18H28N2O3S. The first-order valence-corrected chi connectivity index (χ1v) is 10.2. The lowest BCUT2D eigenvalue weighted by Gasteiger charge is -2.16. The summed E-state index contributed by atoms with van der Waals surface area (Å²) < 4.78 is 26.0. The van der Waals surface area contributed by atoms with Gasteiger partial charge in [0.25, 0.3) is 0 Å². The van der Waals surface area contributed by atoms with Crippen molar-refractivity contribution in [2.24, 2.45) is 5.92 Å². The summed E-state index contributed by atoms with van der Waals surface area (Å²) in [6.45, 7) is 2.43. The molecule has 6 heteroatoms. The van der Waals surface area contributed by atoms with Gasteiger partial charge < -0.3 is 5.32 Å². The van der Waals surface area contributed by atoms with Crippen molar-refractivity contribution in [3.05, 3.63) is 24.3 Å². The van der Waals surface area contributed by atoms with Gasteiger partial charge in [-0.25, -0.2) is 12.7 Å². The number of sulfonamides is 1. The van der Waals surface area contributed by atoms with E-state index in [1.165, 1.54) is 30.0 Å². The van der Waals surface area contributed by atoms with Crippen LogP contribution < -0.4 is 5.32 Å². The van der Waals surface area contributed by atoms with Gasteiger partial charge in [-0.1, -0.05) is 32.6 Å². The molecule has 0 spiro atoms. The van der Waals surface area contributed by atoms with Gasteiger partial charge in [-0.3, -0.25) is 4.79 Å². The quantitative estimate of drug-likeness (QED) is 0.777. The third kappa shape index (κ3) is 5.05. The van der Waals surface area contributed by atoms with Crippen molar-refractivity contribution in [1.82, 2.24) is 4.31 Å². The first kappa shape index (κ1) is 18.9. The SMILES string of the molecule is CCCN(C)S(=O)(=O)c1ccc(NC(=O)CCC2CCCC2)cc1. The van der Waals surface area contributed by atoms with Gasteiger partial charge >= 0.3 is 0 Å². The maximum atomic E-state index is 12.3. The molecule has 1 saturated carbocycles. The van der Waals surface area contributed by atoms with Crippen LogP contribution >= 0.6 is 0 Å². The van der Waals surface area contributed by atoms with E-state index in [-0.39, 0.29) is 10.8 Å². The number of amides is 1. The van der Waals surface area contributed by atoms with Gasteiger partial charge in [-0.15, -0.1) is 0 Å². The molecule has 0 atom stereocenters. The molecule has 0 heterocycles. The maximum Gasteiger partial charge on any atom is 0.242 e. The summed E-state index contributed by atoms with van der Waals surface area (Å²) in [4.78, 5) is 12.3. The zero-order valence-corrected chi connectivity index (χ0v) is 15.4. The number of hydrogen-bond acceptors (Lipinski definition) is 3. The van der Waals surface area contributed by atoms with Crippen molar-refractivity contribution >= 4 is 21.6 Å². The highest BCUT2D eigenvalue weighted by molar-refractivity contribution is 7.89. The Morgan fingerprint density at radius 3 is 2.42 bits per heavy atom. The number of carbonyl (C=O) groups excluding carboxylic acids is 1. The minimum absolute atomic E-state index is 0.000563.